The van der Waals surface area contributed by atoms with Crippen LogP contribution in [0, 0.1) is 40.4 Å². The zero-order valence-corrected chi connectivity index (χ0v) is 35.1. The Balaban J connectivity index is 1.14. The number of alkyl halides is 2. The van der Waals surface area contributed by atoms with E-state index in [0.717, 1.165) is 50.4 Å². The minimum absolute atomic E-state index is 0.0107. The Labute approximate surface area is 328 Å². The van der Waals surface area contributed by atoms with Crippen LogP contribution in [0.2, 0.25) is 0 Å². The lowest BCUT2D eigenvalue weighted by Crippen LogP contribution is -2.51. The zero-order valence-electron chi connectivity index (χ0n) is 33.6. The summed E-state index contributed by atoms with van der Waals surface area (Å²) in [6, 6.07) is 0. The molecule has 1 amide bonds. The highest BCUT2D eigenvalue weighted by atomic mass is 35.5. The molecule has 4 aliphatic rings. The number of amides is 1. The van der Waals surface area contributed by atoms with Gasteiger partial charge in [0.15, 0.2) is 0 Å². The fourth-order valence-corrected chi connectivity index (χ4v) is 11.6. The third-order valence-electron chi connectivity index (χ3n) is 14.2. The number of hydrogen-bond acceptors (Lipinski definition) is 4. The van der Waals surface area contributed by atoms with Crippen LogP contribution in [0.15, 0.2) is 23.8 Å². The lowest BCUT2D eigenvalue weighted by Gasteiger charge is -2.58. The van der Waals surface area contributed by atoms with Gasteiger partial charge < -0.3 is 14.4 Å². The highest BCUT2D eigenvalue weighted by Crippen LogP contribution is 2.67. The van der Waals surface area contributed by atoms with Crippen LogP contribution in [0.3, 0.4) is 0 Å². The summed E-state index contributed by atoms with van der Waals surface area (Å²) >= 11 is 11.8. The maximum absolute atomic E-state index is 12.8. The van der Waals surface area contributed by atoms with Gasteiger partial charge >= 0.3 is 12.1 Å². The number of allylic oxidation sites excluding steroid dienone is 3. The second-order valence-corrected chi connectivity index (χ2v) is 18.4. The number of carbonyl (C=O) groups excluding carboxylic acids is 2. The molecule has 3 fully saturated rings. The molecule has 7 heteroatoms. The molecule has 4 aliphatic carbocycles. The molecule has 3 saturated carbocycles. The van der Waals surface area contributed by atoms with Crippen LogP contribution in [0.5, 0.6) is 0 Å². The Morgan fingerprint density at radius 2 is 1.52 bits per heavy atom. The van der Waals surface area contributed by atoms with Gasteiger partial charge in [-0.2, -0.15) is 0 Å². The van der Waals surface area contributed by atoms with Gasteiger partial charge in [0.05, 0.1) is 6.61 Å². The number of carbonyl (C=O) groups is 2. The van der Waals surface area contributed by atoms with Crippen molar-refractivity contribution >= 4 is 35.3 Å². The van der Waals surface area contributed by atoms with Crippen LogP contribution in [0.4, 0.5) is 4.79 Å². The van der Waals surface area contributed by atoms with Gasteiger partial charge in [-0.25, -0.2) is 4.79 Å². The Kier molecular flexibility index (Phi) is 18.7. The number of ether oxygens (including phenoxy) is 2. The van der Waals surface area contributed by atoms with E-state index in [9.17, 15) is 9.59 Å². The molecule has 0 N–H and O–H groups in total. The summed E-state index contributed by atoms with van der Waals surface area (Å²) in [6.45, 7) is 11.0. The van der Waals surface area contributed by atoms with E-state index < -0.39 is 0 Å². The van der Waals surface area contributed by atoms with Gasteiger partial charge in [-0.05, 0) is 117 Å². The van der Waals surface area contributed by atoms with Crippen LogP contribution >= 0.6 is 23.2 Å². The summed E-state index contributed by atoms with van der Waals surface area (Å²) in [4.78, 5) is 27.2. The standard InChI is InChI=1S/C45H75Cl2NO4/c1-5-6-7-8-9-10-11-12-13-14-15-16-17-18-19-20-42(49)52-37-25-27-44(3)36(33-37)21-22-38-40-24-23-39(45(40,4)28-26-41(38)44)35(2)34-51-43(50)48(31-29-46)32-30-47/h12-13,21,35,37-41H,5-11,14-20,22-34H2,1-4H3/b13-12-/t35?,37-,38?,39?,40?,41?,44-,45+/m0/s1. The monoisotopic (exact) mass is 764 g/mol. The molecular weight excluding hydrogens is 689 g/mol. The molecule has 52 heavy (non-hydrogen) atoms. The molecule has 8 atom stereocenters. The van der Waals surface area contributed by atoms with Gasteiger partial charge in [0.25, 0.3) is 0 Å². The second-order valence-electron chi connectivity index (χ2n) is 17.6. The normalized spacial score (nSPS) is 30.3. The number of esters is 1. The van der Waals surface area contributed by atoms with Crippen LogP contribution < -0.4 is 0 Å². The first-order chi connectivity index (χ1) is 25.2. The summed E-state index contributed by atoms with van der Waals surface area (Å²) in [6.07, 6.45) is 33.3. The minimum atomic E-state index is -0.293. The molecule has 5 nitrogen and oxygen atoms in total. The van der Waals surface area contributed by atoms with Crippen LogP contribution in [-0.2, 0) is 14.3 Å². The Morgan fingerprint density at radius 1 is 0.865 bits per heavy atom. The fraction of sp³-hybridized carbons (Fsp3) is 0.867. The van der Waals surface area contributed by atoms with Crippen molar-refractivity contribution in [3.8, 4) is 0 Å². The first kappa shape index (κ1) is 43.5. The second kappa shape index (κ2) is 22.4. The Morgan fingerprint density at radius 3 is 2.19 bits per heavy atom. The molecule has 0 aliphatic heterocycles. The molecule has 0 aromatic carbocycles. The van der Waals surface area contributed by atoms with Gasteiger partial charge in [-0.3, -0.25) is 4.79 Å². The van der Waals surface area contributed by atoms with E-state index in [1.54, 1.807) is 10.5 Å². The smallest absolute Gasteiger partial charge is 0.409 e. The first-order valence-corrected chi connectivity index (χ1v) is 22.8. The van der Waals surface area contributed by atoms with Gasteiger partial charge in [0.2, 0.25) is 0 Å². The molecule has 298 valence electrons. The lowest BCUT2D eigenvalue weighted by atomic mass is 9.47. The van der Waals surface area contributed by atoms with E-state index in [4.69, 9.17) is 32.7 Å². The van der Waals surface area contributed by atoms with Gasteiger partial charge in [-0.1, -0.05) is 103 Å². The number of hydrogen-bond donors (Lipinski definition) is 0. The number of rotatable bonds is 23. The molecule has 0 aromatic heterocycles. The summed E-state index contributed by atoms with van der Waals surface area (Å²) in [7, 11) is 0. The predicted octanol–water partition coefficient (Wildman–Crippen LogP) is 13.1. The molecule has 0 saturated heterocycles. The van der Waals surface area contributed by atoms with E-state index in [0.29, 0.717) is 55.6 Å². The number of halogens is 2. The number of unbranched alkanes of at least 4 members (excludes halogenated alkanes) is 11. The van der Waals surface area contributed by atoms with Crippen molar-refractivity contribution in [2.24, 2.45) is 40.4 Å². The van der Waals surface area contributed by atoms with Crippen molar-refractivity contribution in [1.29, 1.82) is 0 Å². The van der Waals surface area contributed by atoms with Crippen LogP contribution in [-0.4, -0.2) is 54.5 Å². The molecule has 4 rings (SSSR count). The fourth-order valence-electron chi connectivity index (χ4n) is 11.2. The average molecular weight is 765 g/mol. The number of nitrogens with zero attached hydrogens (tertiary/aromatic N) is 1. The van der Waals surface area contributed by atoms with Crippen LogP contribution in [0.25, 0.3) is 0 Å². The summed E-state index contributed by atoms with van der Waals surface area (Å²) in [5.74, 6) is 3.81. The van der Waals surface area contributed by atoms with Crippen molar-refractivity contribution in [3.63, 3.8) is 0 Å². The maximum Gasteiger partial charge on any atom is 0.409 e. The predicted molar refractivity (Wildman–Crippen MR) is 218 cm³/mol. The molecule has 5 unspecified atom stereocenters. The van der Waals surface area contributed by atoms with E-state index >= 15 is 0 Å². The highest BCUT2D eigenvalue weighted by Gasteiger charge is 2.59. The Hall–Kier alpha value is -1.20. The van der Waals surface area contributed by atoms with Gasteiger partial charge in [-0.15, -0.1) is 23.2 Å². The van der Waals surface area contributed by atoms with Crippen molar-refractivity contribution in [3.05, 3.63) is 23.8 Å². The molecular formula is C45H75Cl2NO4. The SMILES string of the molecule is CCCCCCCC/C=C\CCCCCCCC(=O)O[C@H]1CC[C@@]2(C)C(=CCC3C4CCC(C(C)COC(=O)N(CCCl)CCCl)[C@@]4(C)CCC32)C1. The minimum Gasteiger partial charge on any atom is -0.462 e. The van der Waals surface area contributed by atoms with Crippen LogP contribution in [0.1, 0.15) is 169 Å². The third kappa shape index (κ3) is 11.9. The Bertz CT molecular complexity index is 1140. The average Bonchev–Trinajstić information content (AvgIpc) is 3.49. The van der Waals surface area contributed by atoms with Gasteiger partial charge in [0.1, 0.15) is 6.10 Å². The van der Waals surface area contributed by atoms with E-state index in [-0.39, 0.29) is 29.0 Å². The third-order valence-corrected chi connectivity index (χ3v) is 14.5. The molecule has 0 bridgehead atoms. The largest absolute Gasteiger partial charge is 0.462 e. The van der Waals surface area contributed by atoms with E-state index in [1.807, 2.05) is 0 Å². The lowest BCUT2D eigenvalue weighted by molar-refractivity contribution is -0.151. The van der Waals surface area contributed by atoms with Crippen molar-refractivity contribution in [2.75, 3.05) is 31.5 Å². The summed E-state index contributed by atoms with van der Waals surface area (Å²) in [5, 5.41) is 0. The zero-order chi connectivity index (χ0) is 37.4. The highest BCUT2D eigenvalue weighted by molar-refractivity contribution is 6.18. The molecule has 0 radical (unpaired) electrons. The molecule has 0 aromatic rings. The summed E-state index contributed by atoms with van der Waals surface area (Å²) < 4.78 is 11.9. The first-order valence-electron chi connectivity index (χ1n) is 21.8. The summed E-state index contributed by atoms with van der Waals surface area (Å²) in [5.41, 5.74) is 2.08. The topological polar surface area (TPSA) is 55.8 Å². The molecule has 0 heterocycles. The maximum atomic E-state index is 12.8. The van der Waals surface area contributed by atoms with Gasteiger partial charge in [0, 0.05) is 37.7 Å². The van der Waals surface area contributed by atoms with E-state index in [2.05, 4.69) is 45.9 Å². The van der Waals surface area contributed by atoms with Crippen molar-refractivity contribution < 1.29 is 19.1 Å². The molecule has 0 spiro atoms. The quantitative estimate of drug-likeness (QED) is 0.0450. The van der Waals surface area contributed by atoms with Crippen molar-refractivity contribution in [1.82, 2.24) is 4.90 Å². The van der Waals surface area contributed by atoms with E-state index in [1.165, 1.54) is 96.3 Å². The number of fused-ring (bicyclic) bond motifs is 5. The van der Waals surface area contributed by atoms with Crippen molar-refractivity contribution in [2.45, 2.75) is 175 Å².